The maximum atomic E-state index is 16.9. The number of morpholine rings is 2. The van der Waals surface area contributed by atoms with Crippen LogP contribution in [-0.2, 0) is 25.2 Å². The lowest BCUT2D eigenvalue weighted by molar-refractivity contribution is -0.219. The van der Waals surface area contributed by atoms with Gasteiger partial charge in [-0.2, -0.15) is 18.2 Å². The second-order valence-corrected chi connectivity index (χ2v) is 16.5. The number of nitrogens with zero attached hydrogens (tertiary/aromatic N) is 5. The predicted octanol–water partition coefficient (Wildman–Crippen LogP) is 3.71. The van der Waals surface area contributed by atoms with E-state index < -0.39 is 64.2 Å². The first kappa shape index (κ1) is 41.1. The first-order valence-corrected chi connectivity index (χ1v) is 19.4. The molecule has 8 atom stereocenters. The topological polar surface area (TPSA) is 184 Å². The quantitative estimate of drug-likeness (QED) is 0.322. The van der Waals surface area contributed by atoms with Gasteiger partial charge in [0.05, 0.1) is 43.8 Å². The number of aliphatic hydroxyl groups is 3. The van der Waals surface area contributed by atoms with Crippen LogP contribution in [0.15, 0.2) is 42.1 Å². The summed E-state index contributed by atoms with van der Waals surface area (Å²) in [7, 11) is 0. The van der Waals surface area contributed by atoms with E-state index in [1.54, 1.807) is 32.9 Å². The first-order valence-electron chi connectivity index (χ1n) is 19.4. The minimum atomic E-state index is -4.59. The largest absolute Gasteiger partial charge is 0.417 e. The van der Waals surface area contributed by atoms with E-state index in [1.165, 1.54) is 12.2 Å². The lowest BCUT2D eigenvalue weighted by atomic mass is 9.44. The van der Waals surface area contributed by atoms with Crippen molar-refractivity contribution in [1.82, 2.24) is 15.0 Å². The summed E-state index contributed by atoms with van der Waals surface area (Å²) in [4.78, 5) is 41.2. The number of nitrogen functional groups attached to an aromatic ring is 1. The average molecular weight is 803 g/mol. The number of hydrogen-bond donors (Lipinski definition) is 4. The zero-order valence-electron chi connectivity index (χ0n) is 32.3. The fourth-order valence-corrected chi connectivity index (χ4v) is 10.6. The molecule has 4 aliphatic carbocycles. The molecule has 310 valence electrons. The minimum absolute atomic E-state index is 0.0676. The van der Waals surface area contributed by atoms with Gasteiger partial charge >= 0.3 is 6.18 Å². The van der Waals surface area contributed by atoms with E-state index >= 15 is 4.39 Å². The molecule has 0 spiro atoms. The van der Waals surface area contributed by atoms with Crippen molar-refractivity contribution in [2.24, 2.45) is 28.6 Å². The highest BCUT2D eigenvalue weighted by Gasteiger charge is 2.75. The van der Waals surface area contributed by atoms with Crippen molar-refractivity contribution in [3.63, 3.8) is 0 Å². The molecule has 2 saturated heterocycles. The van der Waals surface area contributed by atoms with Gasteiger partial charge in [0.2, 0.25) is 5.95 Å². The zero-order chi connectivity index (χ0) is 41.1. The number of anilines is 3. The number of hydrogen-bond acceptors (Lipinski definition) is 13. The Morgan fingerprint density at radius 2 is 1.68 bits per heavy atom. The van der Waals surface area contributed by atoms with Gasteiger partial charge < -0.3 is 40.3 Å². The molecule has 3 saturated carbocycles. The van der Waals surface area contributed by atoms with Gasteiger partial charge in [-0.1, -0.05) is 25.5 Å². The summed E-state index contributed by atoms with van der Waals surface area (Å²) in [5, 5.41) is 32.0. The summed E-state index contributed by atoms with van der Waals surface area (Å²) >= 11 is 0. The SMILES string of the molecule is C[C@@H]1C[C@H]2[C@@H]3CCC4=CC(=O)C=C[C@]4(C)[C@@]3(F)[C@@H](O)C[C@]2(C)[C@@]1(O)C(=O)CO.Nc1cc(C(F)(F)F)c(-c2cc(N3CCOCC3)nc(N3CCOCC3)n2)cn1. The monoisotopic (exact) mass is 802 g/mol. The maximum absolute atomic E-state index is 16.9. The molecule has 8 rings (SSSR count). The van der Waals surface area contributed by atoms with E-state index in [1.807, 2.05) is 9.80 Å². The van der Waals surface area contributed by atoms with Crippen molar-refractivity contribution < 1.29 is 51.9 Å². The van der Waals surface area contributed by atoms with Crippen LogP contribution in [0.25, 0.3) is 11.3 Å². The van der Waals surface area contributed by atoms with Crippen molar-refractivity contribution in [3.8, 4) is 11.3 Å². The Labute approximate surface area is 328 Å². The molecule has 0 bridgehead atoms. The maximum Gasteiger partial charge on any atom is 0.417 e. The zero-order valence-corrected chi connectivity index (χ0v) is 32.3. The number of halogens is 4. The Bertz CT molecular complexity index is 1920. The third-order valence-corrected chi connectivity index (χ3v) is 13.6. The Morgan fingerprint density at radius 1 is 1.04 bits per heavy atom. The van der Waals surface area contributed by atoms with Crippen molar-refractivity contribution >= 4 is 29.2 Å². The molecule has 5 N–H and O–H groups in total. The number of fused-ring (bicyclic) bond motifs is 5. The number of carbonyl (C=O) groups is 2. The summed E-state index contributed by atoms with van der Waals surface area (Å²) in [6.07, 6.45) is 0.969. The highest BCUT2D eigenvalue weighted by Crippen LogP contribution is 2.70. The number of Topliss-reactive ketones (excluding diaryl/α,β-unsaturated/α-hetero) is 1. The molecule has 0 radical (unpaired) electrons. The second-order valence-electron chi connectivity index (χ2n) is 16.5. The molecule has 0 aromatic carbocycles. The number of ether oxygens (including phenoxy) is 2. The van der Waals surface area contributed by atoms with Crippen LogP contribution in [0.3, 0.4) is 0 Å². The minimum Gasteiger partial charge on any atom is -0.390 e. The van der Waals surface area contributed by atoms with E-state index in [-0.39, 0.29) is 35.2 Å². The molecule has 2 aromatic heterocycles. The van der Waals surface area contributed by atoms with Crippen molar-refractivity contribution in [2.45, 2.75) is 70.0 Å². The number of aromatic nitrogens is 3. The number of carbonyl (C=O) groups excluding carboxylic acids is 2. The van der Waals surface area contributed by atoms with Crippen LogP contribution in [0.4, 0.5) is 35.1 Å². The van der Waals surface area contributed by atoms with Crippen LogP contribution in [0.5, 0.6) is 0 Å². The fraction of sp³-hybridized carbons (Fsp3) is 0.625. The van der Waals surface area contributed by atoms with E-state index in [0.29, 0.717) is 89.2 Å². The number of alkyl halides is 4. The first-order chi connectivity index (χ1) is 26.9. The van der Waals surface area contributed by atoms with Crippen LogP contribution in [0, 0.1) is 28.6 Å². The molecule has 17 heteroatoms. The summed E-state index contributed by atoms with van der Waals surface area (Å²) < 4.78 is 68.5. The fourth-order valence-electron chi connectivity index (χ4n) is 10.6. The molecule has 2 aliphatic heterocycles. The van der Waals surface area contributed by atoms with Gasteiger partial charge in [-0.15, -0.1) is 0 Å². The third-order valence-electron chi connectivity index (χ3n) is 13.6. The highest BCUT2D eigenvalue weighted by molar-refractivity contribution is 6.01. The van der Waals surface area contributed by atoms with E-state index in [4.69, 9.17) is 15.2 Å². The van der Waals surface area contributed by atoms with Crippen LogP contribution in [0.2, 0.25) is 0 Å². The lowest BCUT2D eigenvalue weighted by Crippen LogP contribution is -2.69. The highest BCUT2D eigenvalue weighted by atomic mass is 19.4. The summed E-state index contributed by atoms with van der Waals surface area (Å²) in [6.45, 7) is 8.90. The Kier molecular flexibility index (Phi) is 10.8. The molecule has 0 unspecified atom stereocenters. The molecule has 13 nitrogen and oxygen atoms in total. The smallest absolute Gasteiger partial charge is 0.390 e. The molecule has 4 heterocycles. The molecule has 6 aliphatic rings. The molecule has 5 fully saturated rings. The number of rotatable bonds is 5. The van der Waals surface area contributed by atoms with Crippen LogP contribution in [0.1, 0.15) is 52.0 Å². The second kappa shape index (κ2) is 15.0. The van der Waals surface area contributed by atoms with E-state index in [0.717, 1.165) is 12.3 Å². The number of ketones is 2. The van der Waals surface area contributed by atoms with Gasteiger partial charge in [-0.05, 0) is 62.7 Å². The summed E-state index contributed by atoms with van der Waals surface area (Å²) in [5.74, 6) is -1.38. The number of pyridine rings is 1. The Hall–Kier alpha value is -4.03. The predicted molar refractivity (Wildman–Crippen MR) is 201 cm³/mol. The van der Waals surface area contributed by atoms with E-state index in [2.05, 4.69) is 15.0 Å². The van der Waals surface area contributed by atoms with Gasteiger partial charge in [0.15, 0.2) is 17.2 Å². The van der Waals surface area contributed by atoms with Crippen molar-refractivity contribution in [2.75, 3.05) is 74.7 Å². The molecular formula is C40H50F4N6O7. The lowest BCUT2D eigenvalue weighted by Gasteiger charge is -2.62. The number of nitrogens with two attached hydrogens (primary N) is 1. The van der Waals surface area contributed by atoms with Gasteiger partial charge in [-0.3, -0.25) is 9.59 Å². The summed E-state index contributed by atoms with van der Waals surface area (Å²) in [5.41, 5.74) is -0.503. The molecule has 0 amide bonds. The number of aliphatic hydroxyl groups excluding tert-OH is 2. The molecule has 2 aromatic rings. The van der Waals surface area contributed by atoms with Gasteiger partial charge in [-0.25, -0.2) is 14.4 Å². The molecule has 57 heavy (non-hydrogen) atoms. The Balaban J connectivity index is 0.000000174. The van der Waals surface area contributed by atoms with Gasteiger partial charge in [0.25, 0.3) is 0 Å². The Morgan fingerprint density at radius 3 is 2.32 bits per heavy atom. The summed E-state index contributed by atoms with van der Waals surface area (Å²) in [6, 6.07) is 2.40. The van der Waals surface area contributed by atoms with E-state index in [9.17, 15) is 38.1 Å². The van der Waals surface area contributed by atoms with Gasteiger partial charge in [0.1, 0.15) is 23.8 Å². The van der Waals surface area contributed by atoms with Crippen LogP contribution < -0.4 is 15.5 Å². The normalized spacial score (nSPS) is 35.1. The van der Waals surface area contributed by atoms with Crippen LogP contribution in [-0.4, -0.2) is 118 Å². The average Bonchev–Trinajstić information content (AvgIpc) is 3.40. The van der Waals surface area contributed by atoms with Crippen molar-refractivity contribution in [1.29, 1.82) is 0 Å². The molecular weight excluding hydrogens is 752 g/mol. The van der Waals surface area contributed by atoms with Gasteiger partial charge in [0, 0.05) is 60.8 Å². The van der Waals surface area contributed by atoms with Crippen molar-refractivity contribution in [3.05, 3.63) is 47.7 Å². The standard InChI is InChI=1S/C22H29FO5.C18H21F3N6O2/c1-12-8-16-15-5-4-13-9-14(25)6-7-19(13,2)21(15,23)17(26)10-20(16,3)22(12,28)18(27)11-24;19-18(20,21)13-9-15(22)23-11-12(13)14-10-16(26-1-5-28-6-2-26)25-17(24-14)27-3-7-29-8-4-27/h6-7,9,12,15-17,24,26,28H,4-5,8,10-11H2,1-3H3;9-11H,1-8H2,(H2,22,23)/t12-,15+,16+,17+,19+,20+,21+,22+;/m1./s1. The third kappa shape index (κ3) is 6.72. The number of allylic oxidation sites excluding steroid dienone is 4. The van der Waals surface area contributed by atoms with Crippen LogP contribution >= 0.6 is 0 Å².